The molecule has 0 spiro atoms. The quantitative estimate of drug-likeness (QED) is 0.250. The Morgan fingerprint density at radius 3 is 2.63 bits per heavy atom. The van der Waals surface area contributed by atoms with Crippen molar-refractivity contribution >= 4 is 28.3 Å². The van der Waals surface area contributed by atoms with Crippen LogP contribution in [0.15, 0.2) is 42.6 Å². The van der Waals surface area contributed by atoms with E-state index in [-0.39, 0.29) is 42.2 Å². The first-order chi connectivity index (χ1) is 16.8. The highest BCUT2D eigenvalue weighted by atomic mass is 19.3. The van der Waals surface area contributed by atoms with Crippen molar-refractivity contribution in [3.8, 4) is 17.4 Å². The Bertz CT molecular complexity index is 1240. The van der Waals surface area contributed by atoms with Crippen molar-refractivity contribution in [3.05, 3.63) is 48.2 Å². The maximum atomic E-state index is 12.8. The molecular formula is C24H25F2N3O6. The summed E-state index contributed by atoms with van der Waals surface area (Å²) in [6.45, 7) is -1.20. The second-order valence-electron chi connectivity index (χ2n) is 8.17. The number of alkyl halides is 2. The summed E-state index contributed by atoms with van der Waals surface area (Å²) in [4.78, 5) is 24.5. The molecule has 2 aromatic carbocycles. The maximum Gasteiger partial charge on any atom is 0.387 e. The normalized spacial score (nSPS) is 14.1. The fourth-order valence-corrected chi connectivity index (χ4v) is 3.98. The Balaban J connectivity index is 1.79. The molecule has 1 unspecified atom stereocenters. The van der Waals surface area contributed by atoms with Crippen molar-refractivity contribution in [2.45, 2.75) is 38.8 Å². The van der Waals surface area contributed by atoms with Crippen LogP contribution in [0.3, 0.4) is 0 Å². The molecule has 0 radical (unpaired) electrons. The molecular weight excluding hydrogens is 464 g/mol. The predicted molar refractivity (Wildman–Crippen MR) is 122 cm³/mol. The summed E-state index contributed by atoms with van der Waals surface area (Å²) in [5.74, 6) is -1.26. The second-order valence-corrected chi connectivity index (χ2v) is 8.17. The van der Waals surface area contributed by atoms with Gasteiger partial charge in [-0.3, -0.25) is 14.8 Å². The Hall–Kier alpha value is -3.86. The number of nitrogens with one attached hydrogen (secondary N) is 2. The minimum atomic E-state index is -3.06. The molecule has 4 rings (SSSR count). The lowest BCUT2D eigenvalue weighted by molar-refractivity contribution is -0.129. The molecule has 1 atom stereocenters. The van der Waals surface area contributed by atoms with Crippen molar-refractivity contribution in [3.63, 3.8) is 0 Å². The van der Waals surface area contributed by atoms with E-state index in [9.17, 15) is 23.5 Å². The minimum absolute atomic E-state index is 0.0355. The van der Waals surface area contributed by atoms with E-state index in [4.69, 9.17) is 9.94 Å². The van der Waals surface area contributed by atoms with Crippen LogP contribution in [0.1, 0.15) is 37.8 Å². The van der Waals surface area contributed by atoms with Gasteiger partial charge in [0.15, 0.2) is 11.5 Å². The molecule has 0 bridgehead atoms. The molecule has 2 amide bonds. The minimum Gasteiger partial charge on any atom is -0.494 e. The van der Waals surface area contributed by atoms with Gasteiger partial charge in [-0.1, -0.05) is 18.2 Å². The Kier molecular flexibility index (Phi) is 7.06. The molecule has 9 nitrogen and oxygen atoms in total. The zero-order valence-corrected chi connectivity index (χ0v) is 18.8. The number of anilines is 1. The lowest BCUT2D eigenvalue weighted by Gasteiger charge is -2.21. The number of amides is 2. The third-order valence-electron chi connectivity index (χ3n) is 5.76. The number of halogens is 2. The number of rotatable bonds is 10. The van der Waals surface area contributed by atoms with Crippen molar-refractivity contribution in [1.82, 2.24) is 10.0 Å². The largest absolute Gasteiger partial charge is 0.494 e. The topological polar surface area (TPSA) is 122 Å². The second kappa shape index (κ2) is 10.2. The highest BCUT2D eigenvalue weighted by Gasteiger charge is 2.31. The third-order valence-corrected chi connectivity index (χ3v) is 5.76. The van der Waals surface area contributed by atoms with Crippen molar-refractivity contribution in [2.75, 3.05) is 11.9 Å². The van der Waals surface area contributed by atoms with Crippen LogP contribution in [0.25, 0.3) is 10.8 Å². The fourth-order valence-electron chi connectivity index (χ4n) is 3.98. The number of carbonyl (C=O) groups is 2. The smallest absolute Gasteiger partial charge is 0.387 e. The average Bonchev–Trinajstić information content (AvgIpc) is 3.62. The van der Waals surface area contributed by atoms with E-state index in [1.807, 2.05) is 0 Å². The fraction of sp³-hybridized carbons (Fsp3) is 0.333. The summed E-state index contributed by atoms with van der Waals surface area (Å²) in [6, 6.07) is 8.48. The van der Waals surface area contributed by atoms with Crippen LogP contribution in [0.2, 0.25) is 0 Å². The Morgan fingerprint density at radius 2 is 1.97 bits per heavy atom. The molecule has 35 heavy (non-hydrogen) atoms. The number of hydrogen-bond acceptors (Lipinski definition) is 6. The van der Waals surface area contributed by atoms with Gasteiger partial charge in [-0.05, 0) is 43.5 Å². The van der Waals surface area contributed by atoms with Crippen LogP contribution in [0.4, 0.5) is 14.5 Å². The van der Waals surface area contributed by atoms with Crippen molar-refractivity contribution in [2.24, 2.45) is 5.92 Å². The lowest BCUT2D eigenvalue weighted by Crippen LogP contribution is -2.24. The van der Waals surface area contributed by atoms with Crippen molar-refractivity contribution < 1.29 is 38.2 Å². The number of hydroxylamine groups is 1. The first-order valence-corrected chi connectivity index (χ1v) is 11.1. The average molecular weight is 489 g/mol. The summed E-state index contributed by atoms with van der Waals surface area (Å²) < 4.78 is 37.0. The molecule has 1 fully saturated rings. The molecule has 1 heterocycles. The van der Waals surface area contributed by atoms with E-state index in [1.165, 1.54) is 22.8 Å². The molecule has 0 aliphatic heterocycles. The molecule has 0 saturated heterocycles. The van der Waals surface area contributed by atoms with E-state index in [0.717, 1.165) is 12.8 Å². The van der Waals surface area contributed by atoms with Gasteiger partial charge >= 0.3 is 6.61 Å². The van der Waals surface area contributed by atoms with Crippen molar-refractivity contribution in [1.29, 1.82) is 0 Å². The van der Waals surface area contributed by atoms with Crippen LogP contribution in [0, 0.1) is 5.92 Å². The van der Waals surface area contributed by atoms with E-state index >= 15 is 0 Å². The predicted octanol–water partition coefficient (Wildman–Crippen LogP) is 4.18. The molecule has 11 heteroatoms. The number of carbonyl (C=O) groups excluding carboxylic acids is 2. The number of nitrogens with zero attached hydrogens (tertiary/aromatic N) is 1. The molecule has 1 saturated carbocycles. The number of benzene rings is 2. The number of aromatic hydroxyl groups is 1. The first kappa shape index (κ1) is 24.3. The van der Waals surface area contributed by atoms with E-state index in [0.29, 0.717) is 22.0 Å². The lowest BCUT2D eigenvalue weighted by atomic mass is 10.0. The van der Waals surface area contributed by atoms with Gasteiger partial charge in [0.05, 0.1) is 30.1 Å². The zero-order valence-electron chi connectivity index (χ0n) is 18.8. The van der Waals surface area contributed by atoms with Crippen LogP contribution < -0.4 is 20.3 Å². The summed E-state index contributed by atoms with van der Waals surface area (Å²) in [7, 11) is 0. The Morgan fingerprint density at radius 1 is 1.20 bits per heavy atom. The van der Waals surface area contributed by atoms with Gasteiger partial charge in [0, 0.05) is 17.5 Å². The Labute approximate surface area is 199 Å². The third kappa shape index (κ3) is 5.29. The number of fused-ring (bicyclic) bond motifs is 1. The molecule has 3 aromatic rings. The van der Waals surface area contributed by atoms with Gasteiger partial charge in [0.2, 0.25) is 17.7 Å². The monoisotopic (exact) mass is 489 g/mol. The van der Waals surface area contributed by atoms with E-state index < -0.39 is 18.6 Å². The zero-order chi connectivity index (χ0) is 25.1. The van der Waals surface area contributed by atoms with Gasteiger partial charge in [0.25, 0.3) is 0 Å². The number of ether oxygens (including phenoxy) is 2. The first-order valence-electron chi connectivity index (χ1n) is 11.1. The molecule has 1 aliphatic carbocycles. The molecule has 1 aliphatic rings. The van der Waals surface area contributed by atoms with E-state index in [2.05, 4.69) is 10.1 Å². The molecule has 4 N–H and O–H groups in total. The summed E-state index contributed by atoms with van der Waals surface area (Å²) >= 11 is 0. The van der Waals surface area contributed by atoms with Crippen LogP contribution in [0.5, 0.6) is 17.4 Å². The number of aromatic nitrogens is 1. The molecule has 1 aromatic heterocycles. The number of hydrogen-bond donors (Lipinski definition) is 4. The van der Waals surface area contributed by atoms with Gasteiger partial charge in [-0.2, -0.15) is 8.78 Å². The van der Waals surface area contributed by atoms with Crippen LogP contribution in [-0.4, -0.2) is 39.9 Å². The SMILES string of the molecule is CCOc1cc(C(CC(=O)NO)n2cc3cccc(NC(=O)C4CC4)c3c2O)ccc1OC(F)F. The standard InChI is InChI=1S/C24H25F2N3O6/c1-2-34-19-10-14(8-9-18(19)35-24(25)26)17(11-20(30)28-33)29-12-15-4-3-5-16(21(15)23(29)32)27-22(31)13-6-7-13/h3-5,8-10,12-13,17,24,32-33H,2,6-7,11H2,1H3,(H,27,31)(H,28,30). The molecule has 186 valence electrons. The van der Waals surface area contributed by atoms with Crippen LogP contribution >= 0.6 is 0 Å². The van der Waals surface area contributed by atoms with Crippen LogP contribution in [-0.2, 0) is 9.59 Å². The summed E-state index contributed by atoms with van der Waals surface area (Å²) in [5.41, 5.74) is 2.43. The maximum absolute atomic E-state index is 12.8. The van der Waals surface area contributed by atoms with Gasteiger partial charge < -0.3 is 24.5 Å². The van der Waals surface area contributed by atoms with Gasteiger partial charge in [-0.15, -0.1) is 0 Å². The van der Waals surface area contributed by atoms with E-state index in [1.54, 1.807) is 36.8 Å². The highest BCUT2D eigenvalue weighted by molar-refractivity contribution is 6.06. The summed E-state index contributed by atoms with van der Waals surface area (Å²) in [5, 5.41) is 24.1. The summed E-state index contributed by atoms with van der Waals surface area (Å²) in [6.07, 6.45) is 2.95. The van der Waals surface area contributed by atoms with Gasteiger partial charge in [0.1, 0.15) is 0 Å². The van der Waals surface area contributed by atoms with Gasteiger partial charge in [-0.25, -0.2) is 5.48 Å². The highest BCUT2D eigenvalue weighted by Crippen LogP contribution is 2.41.